The highest BCUT2D eigenvalue weighted by Crippen LogP contribution is 1.90. The number of hydrogen-bond acceptors (Lipinski definition) is 0. The SMILES string of the molecule is Br.BrCCCBr. The van der Waals surface area contributed by atoms with E-state index in [2.05, 4.69) is 31.9 Å². The number of hydrogen-bond donors (Lipinski definition) is 0. The van der Waals surface area contributed by atoms with Crippen molar-refractivity contribution in [1.29, 1.82) is 0 Å². The van der Waals surface area contributed by atoms with E-state index in [1.54, 1.807) is 0 Å². The second-order valence-corrected chi connectivity index (χ2v) is 2.32. The maximum Gasteiger partial charge on any atom is 0.00392 e. The Hall–Kier alpha value is 1.44. The smallest absolute Gasteiger partial charge is 0.00392 e. The van der Waals surface area contributed by atoms with Gasteiger partial charge < -0.3 is 0 Å². The highest BCUT2D eigenvalue weighted by molar-refractivity contribution is 9.09. The van der Waals surface area contributed by atoms with E-state index in [0.717, 1.165) is 10.7 Å². The van der Waals surface area contributed by atoms with E-state index >= 15 is 0 Å². The standard InChI is InChI=1S/C3H6Br2.BrH/c4-2-1-3-5;/h1-3H2;1H. The molecule has 0 fully saturated rings. The van der Waals surface area contributed by atoms with Crippen molar-refractivity contribution in [2.24, 2.45) is 0 Å². The summed E-state index contributed by atoms with van der Waals surface area (Å²) in [7, 11) is 0. The van der Waals surface area contributed by atoms with Crippen LogP contribution in [0.15, 0.2) is 0 Å². The summed E-state index contributed by atoms with van der Waals surface area (Å²) in [5, 5.41) is 2.22. The average Bonchev–Trinajstić information content (AvgIpc) is 1.41. The normalized spacial score (nSPS) is 7.00. The van der Waals surface area contributed by atoms with E-state index in [1.165, 1.54) is 6.42 Å². The summed E-state index contributed by atoms with van der Waals surface area (Å²) in [6.07, 6.45) is 1.22. The van der Waals surface area contributed by atoms with Crippen LogP contribution in [0.1, 0.15) is 6.42 Å². The van der Waals surface area contributed by atoms with Gasteiger partial charge in [-0.15, -0.1) is 17.0 Å². The van der Waals surface area contributed by atoms with E-state index in [9.17, 15) is 0 Å². The van der Waals surface area contributed by atoms with Gasteiger partial charge in [-0.3, -0.25) is 0 Å². The summed E-state index contributed by atoms with van der Waals surface area (Å²) in [4.78, 5) is 0. The molecule has 0 saturated carbocycles. The topological polar surface area (TPSA) is 0 Å². The maximum absolute atomic E-state index is 3.28. The molecule has 0 aromatic carbocycles. The fraction of sp³-hybridized carbons (Fsp3) is 1.00. The molecule has 0 aromatic heterocycles. The molecule has 0 N–H and O–H groups in total. The Bertz CT molecular complexity index is 13.5. The van der Waals surface area contributed by atoms with Crippen LogP contribution in [-0.4, -0.2) is 10.7 Å². The fourth-order valence-electron chi connectivity index (χ4n) is 0.0505. The monoisotopic (exact) mass is 280 g/mol. The number of halogens is 3. The van der Waals surface area contributed by atoms with Crippen LogP contribution in [0.2, 0.25) is 0 Å². The Morgan fingerprint density at radius 3 is 1.33 bits per heavy atom. The molecule has 0 aliphatic heterocycles. The molecule has 0 bridgehead atoms. The first-order chi connectivity index (χ1) is 2.41. The van der Waals surface area contributed by atoms with Crippen LogP contribution in [0.5, 0.6) is 0 Å². The van der Waals surface area contributed by atoms with Gasteiger partial charge in [0, 0.05) is 10.7 Å². The third-order valence-corrected chi connectivity index (χ3v) is 1.39. The Labute approximate surface area is 65.7 Å². The molecule has 0 aliphatic carbocycles. The lowest BCUT2D eigenvalue weighted by Gasteiger charge is -1.76. The van der Waals surface area contributed by atoms with E-state index in [1.807, 2.05) is 0 Å². The van der Waals surface area contributed by atoms with Gasteiger partial charge in [-0.1, -0.05) is 31.9 Å². The lowest BCUT2D eigenvalue weighted by molar-refractivity contribution is 1.15. The summed E-state index contributed by atoms with van der Waals surface area (Å²) >= 11 is 6.56. The first kappa shape index (κ1) is 10.4. The number of rotatable bonds is 2. The summed E-state index contributed by atoms with van der Waals surface area (Å²) in [5.41, 5.74) is 0. The van der Waals surface area contributed by atoms with E-state index in [-0.39, 0.29) is 17.0 Å². The van der Waals surface area contributed by atoms with Crippen LogP contribution >= 0.6 is 48.8 Å². The molecule has 6 heavy (non-hydrogen) atoms. The van der Waals surface area contributed by atoms with Crippen LogP contribution in [-0.2, 0) is 0 Å². The first-order valence-corrected chi connectivity index (χ1v) is 3.78. The van der Waals surface area contributed by atoms with Gasteiger partial charge in [0.25, 0.3) is 0 Å². The minimum Gasteiger partial charge on any atom is -0.114 e. The van der Waals surface area contributed by atoms with E-state index < -0.39 is 0 Å². The maximum atomic E-state index is 3.28. The quantitative estimate of drug-likeness (QED) is 0.683. The van der Waals surface area contributed by atoms with Gasteiger partial charge >= 0.3 is 0 Å². The largest absolute Gasteiger partial charge is 0.114 e. The highest BCUT2D eigenvalue weighted by atomic mass is 79.9. The summed E-state index contributed by atoms with van der Waals surface area (Å²) in [6.45, 7) is 0. The Morgan fingerprint density at radius 1 is 1.00 bits per heavy atom. The van der Waals surface area contributed by atoms with Crippen molar-refractivity contribution >= 4 is 48.8 Å². The first-order valence-electron chi connectivity index (χ1n) is 1.53. The zero-order valence-electron chi connectivity index (χ0n) is 3.29. The van der Waals surface area contributed by atoms with E-state index in [0.29, 0.717) is 0 Å². The van der Waals surface area contributed by atoms with Crippen LogP contribution in [0.25, 0.3) is 0 Å². The summed E-state index contributed by atoms with van der Waals surface area (Å²) < 4.78 is 0. The van der Waals surface area contributed by atoms with Crippen molar-refractivity contribution in [3.05, 3.63) is 0 Å². The van der Waals surface area contributed by atoms with Gasteiger partial charge in [-0.25, -0.2) is 0 Å². The molecule has 0 aromatic rings. The zero-order chi connectivity index (χ0) is 4.12. The highest BCUT2D eigenvalue weighted by Gasteiger charge is 1.71. The molecule has 0 nitrogen and oxygen atoms in total. The predicted octanol–water partition coefficient (Wildman–Crippen LogP) is 2.74. The van der Waals surface area contributed by atoms with Crippen LogP contribution in [0, 0.1) is 0 Å². The van der Waals surface area contributed by atoms with Gasteiger partial charge in [0.05, 0.1) is 0 Å². The van der Waals surface area contributed by atoms with Gasteiger partial charge in [-0.05, 0) is 6.42 Å². The molecular weight excluding hydrogens is 276 g/mol. The number of alkyl halides is 2. The summed E-state index contributed by atoms with van der Waals surface area (Å²) in [5.74, 6) is 0. The minimum atomic E-state index is 0. The van der Waals surface area contributed by atoms with Crippen molar-refractivity contribution in [2.45, 2.75) is 6.42 Å². The molecule has 0 radical (unpaired) electrons. The molecule has 0 saturated heterocycles. The third-order valence-electron chi connectivity index (χ3n) is 0.267. The Morgan fingerprint density at radius 2 is 1.33 bits per heavy atom. The lowest BCUT2D eigenvalue weighted by atomic mass is 10.6. The summed E-state index contributed by atoms with van der Waals surface area (Å²) in [6, 6.07) is 0. The zero-order valence-corrected chi connectivity index (χ0v) is 8.17. The molecule has 3 heteroatoms. The third kappa shape index (κ3) is 9.06. The Balaban J connectivity index is 0. The van der Waals surface area contributed by atoms with Gasteiger partial charge in [-0.2, -0.15) is 0 Å². The predicted molar refractivity (Wildman–Crippen MR) is 42.5 cm³/mol. The fourth-order valence-corrected chi connectivity index (χ4v) is 1.36. The molecule has 0 heterocycles. The van der Waals surface area contributed by atoms with Crippen LogP contribution in [0.3, 0.4) is 0 Å². The molecule has 0 spiro atoms. The Kier molecular flexibility index (Phi) is 16.8. The average molecular weight is 283 g/mol. The molecular formula is C3H7Br3. The van der Waals surface area contributed by atoms with E-state index in [4.69, 9.17) is 0 Å². The second kappa shape index (κ2) is 9.67. The van der Waals surface area contributed by atoms with Crippen LogP contribution in [0.4, 0.5) is 0 Å². The van der Waals surface area contributed by atoms with Gasteiger partial charge in [0.2, 0.25) is 0 Å². The molecule has 0 unspecified atom stereocenters. The lowest BCUT2D eigenvalue weighted by Crippen LogP contribution is -1.69. The van der Waals surface area contributed by atoms with Crippen molar-refractivity contribution in [3.8, 4) is 0 Å². The van der Waals surface area contributed by atoms with Gasteiger partial charge in [0.15, 0.2) is 0 Å². The van der Waals surface area contributed by atoms with Crippen molar-refractivity contribution in [1.82, 2.24) is 0 Å². The van der Waals surface area contributed by atoms with Crippen molar-refractivity contribution in [3.63, 3.8) is 0 Å². The molecule has 0 rings (SSSR count). The second-order valence-electron chi connectivity index (χ2n) is 0.732. The molecule has 0 atom stereocenters. The molecule has 40 valence electrons. The van der Waals surface area contributed by atoms with Crippen molar-refractivity contribution in [2.75, 3.05) is 10.7 Å². The van der Waals surface area contributed by atoms with Gasteiger partial charge in [0.1, 0.15) is 0 Å². The van der Waals surface area contributed by atoms with Crippen LogP contribution < -0.4 is 0 Å². The molecule has 0 amide bonds. The minimum absolute atomic E-state index is 0. The van der Waals surface area contributed by atoms with Crippen molar-refractivity contribution < 1.29 is 0 Å². The molecule has 0 aliphatic rings.